The van der Waals surface area contributed by atoms with Crippen molar-refractivity contribution in [2.24, 2.45) is 11.8 Å². The monoisotopic (exact) mass is 428 g/mol. The van der Waals surface area contributed by atoms with Gasteiger partial charge in [0.1, 0.15) is 5.75 Å². The van der Waals surface area contributed by atoms with E-state index < -0.39 is 9.84 Å². The van der Waals surface area contributed by atoms with Gasteiger partial charge < -0.3 is 9.72 Å². The molecule has 3 aromatic rings. The number of nitrogens with zero attached hydrogens (tertiary/aromatic N) is 1. The van der Waals surface area contributed by atoms with E-state index in [1.54, 1.807) is 13.2 Å². The number of aromatic nitrogens is 1. The Balaban J connectivity index is 1.88. The standard InChI is InChI=1S/C22H21ClN2O3S/c1-28-20-9-15(23)6-7-17(20)21(18-8-14(18)10-24)19-11-25-22-13(12-29(2,26)27)4-3-5-16(19)22/h3-7,9,11,14,18,21,25H,8,12H2,1-2H3. The molecule has 1 fully saturated rings. The lowest BCUT2D eigenvalue weighted by atomic mass is 9.85. The van der Waals surface area contributed by atoms with E-state index >= 15 is 0 Å². The van der Waals surface area contributed by atoms with E-state index in [9.17, 15) is 13.7 Å². The van der Waals surface area contributed by atoms with Gasteiger partial charge in [0.2, 0.25) is 0 Å². The summed E-state index contributed by atoms with van der Waals surface area (Å²) in [6.45, 7) is 0. The van der Waals surface area contributed by atoms with Gasteiger partial charge in [0.25, 0.3) is 0 Å². The highest BCUT2D eigenvalue weighted by Gasteiger charge is 2.46. The van der Waals surface area contributed by atoms with Crippen LogP contribution in [0.15, 0.2) is 42.6 Å². The highest BCUT2D eigenvalue weighted by molar-refractivity contribution is 7.89. The van der Waals surface area contributed by atoms with Gasteiger partial charge in [-0.25, -0.2) is 8.42 Å². The summed E-state index contributed by atoms with van der Waals surface area (Å²) < 4.78 is 29.3. The Labute approximate surface area is 175 Å². The van der Waals surface area contributed by atoms with Crippen LogP contribution in [0.25, 0.3) is 10.9 Å². The van der Waals surface area contributed by atoms with Crippen LogP contribution in [-0.2, 0) is 15.6 Å². The molecule has 0 amide bonds. The van der Waals surface area contributed by atoms with Crippen LogP contribution in [0, 0.1) is 23.2 Å². The molecule has 1 aliphatic carbocycles. The molecule has 1 aliphatic rings. The zero-order valence-electron chi connectivity index (χ0n) is 16.1. The van der Waals surface area contributed by atoms with E-state index in [0.717, 1.165) is 34.0 Å². The molecule has 0 bridgehead atoms. The van der Waals surface area contributed by atoms with Crippen molar-refractivity contribution in [1.82, 2.24) is 4.98 Å². The number of para-hydroxylation sites is 1. The molecule has 3 unspecified atom stereocenters. The largest absolute Gasteiger partial charge is 0.496 e. The summed E-state index contributed by atoms with van der Waals surface area (Å²) in [6.07, 6.45) is 3.99. The number of methoxy groups -OCH3 is 1. The Hall–Kier alpha value is -2.49. The van der Waals surface area contributed by atoms with Crippen LogP contribution >= 0.6 is 11.6 Å². The Morgan fingerprint density at radius 1 is 1.31 bits per heavy atom. The summed E-state index contributed by atoms with van der Waals surface area (Å²) in [6, 6.07) is 13.7. The third-order valence-corrected chi connectivity index (χ3v) is 6.62. The van der Waals surface area contributed by atoms with Crippen LogP contribution in [0.5, 0.6) is 5.75 Å². The molecule has 5 nitrogen and oxygen atoms in total. The number of hydrogen-bond acceptors (Lipinski definition) is 4. The highest BCUT2D eigenvalue weighted by atomic mass is 35.5. The van der Waals surface area contributed by atoms with Crippen molar-refractivity contribution in [1.29, 1.82) is 5.26 Å². The zero-order valence-corrected chi connectivity index (χ0v) is 17.7. The zero-order chi connectivity index (χ0) is 20.8. The molecular weight excluding hydrogens is 408 g/mol. The highest BCUT2D eigenvalue weighted by Crippen LogP contribution is 2.54. The molecule has 0 aliphatic heterocycles. The third kappa shape index (κ3) is 3.85. The lowest BCUT2D eigenvalue weighted by molar-refractivity contribution is 0.405. The molecule has 4 rings (SSSR count). The Bertz CT molecular complexity index is 1230. The molecule has 1 heterocycles. The molecule has 1 N–H and O–H groups in total. The number of benzene rings is 2. The number of ether oxygens (including phenoxy) is 1. The molecule has 7 heteroatoms. The van der Waals surface area contributed by atoms with Gasteiger partial charge in [0.05, 0.1) is 24.8 Å². The predicted octanol–water partition coefficient (Wildman–Crippen LogP) is 4.67. The SMILES string of the molecule is COc1cc(Cl)ccc1C(c1c[nH]c2c(CS(C)(=O)=O)cccc12)C1CC1C#N. The quantitative estimate of drug-likeness (QED) is 0.618. The van der Waals surface area contributed by atoms with Crippen LogP contribution in [0.3, 0.4) is 0 Å². The lowest BCUT2D eigenvalue weighted by Crippen LogP contribution is -2.07. The van der Waals surface area contributed by atoms with Gasteiger partial charge in [-0.2, -0.15) is 5.26 Å². The summed E-state index contributed by atoms with van der Waals surface area (Å²) in [5.74, 6) is 0.780. The molecule has 3 atom stereocenters. The van der Waals surface area contributed by atoms with Crippen LogP contribution in [-0.4, -0.2) is 26.8 Å². The fourth-order valence-electron chi connectivity index (χ4n) is 4.20. The molecule has 29 heavy (non-hydrogen) atoms. The van der Waals surface area contributed by atoms with Crippen molar-refractivity contribution < 1.29 is 13.2 Å². The van der Waals surface area contributed by atoms with E-state index in [4.69, 9.17) is 16.3 Å². The number of halogens is 1. The van der Waals surface area contributed by atoms with E-state index in [1.807, 2.05) is 36.5 Å². The van der Waals surface area contributed by atoms with Gasteiger partial charge in [-0.1, -0.05) is 35.9 Å². The van der Waals surface area contributed by atoms with E-state index in [0.29, 0.717) is 10.8 Å². The maximum Gasteiger partial charge on any atom is 0.151 e. The van der Waals surface area contributed by atoms with Gasteiger partial charge in [0.15, 0.2) is 9.84 Å². The fourth-order valence-corrected chi connectivity index (χ4v) is 5.17. The number of nitriles is 1. The molecule has 0 radical (unpaired) electrons. The first-order valence-corrected chi connectivity index (χ1v) is 11.8. The summed E-state index contributed by atoms with van der Waals surface area (Å²) in [5, 5.41) is 11.0. The second kappa shape index (κ2) is 7.40. The van der Waals surface area contributed by atoms with E-state index in [2.05, 4.69) is 11.1 Å². The van der Waals surface area contributed by atoms with Crippen molar-refractivity contribution in [3.05, 3.63) is 64.3 Å². The van der Waals surface area contributed by atoms with Gasteiger partial charge in [0, 0.05) is 39.9 Å². The smallest absolute Gasteiger partial charge is 0.151 e. The van der Waals surface area contributed by atoms with Crippen molar-refractivity contribution in [3.8, 4) is 11.8 Å². The molecule has 0 spiro atoms. The second-order valence-electron chi connectivity index (χ2n) is 7.65. The van der Waals surface area contributed by atoms with E-state index in [1.165, 1.54) is 6.26 Å². The van der Waals surface area contributed by atoms with Gasteiger partial charge in [-0.15, -0.1) is 0 Å². The van der Waals surface area contributed by atoms with Crippen molar-refractivity contribution >= 4 is 32.3 Å². The first kappa shape index (κ1) is 19.8. The van der Waals surface area contributed by atoms with Crippen LogP contribution in [0.4, 0.5) is 0 Å². The number of aromatic amines is 1. The van der Waals surface area contributed by atoms with Crippen LogP contribution < -0.4 is 4.74 Å². The molecular formula is C22H21ClN2O3S. The minimum atomic E-state index is -3.16. The topological polar surface area (TPSA) is 83.0 Å². The first-order valence-electron chi connectivity index (χ1n) is 9.32. The number of fused-ring (bicyclic) bond motifs is 1. The molecule has 150 valence electrons. The normalized spacial score (nSPS) is 19.7. The number of hydrogen-bond donors (Lipinski definition) is 1. The average molecular weight is 429 g/mol. The Kier molecular flexibility index (Phi) is 5.05. The van der Waals surface area contributed by atoms with E-state index in [-0.39, 0.29) is 23.5 Å². The van der Waals surface area contributed by atoms with Crippen molar-refractivity contribution in [2.45, 2.75) is 18.1 Å². The summed E-state index contributed by atoms with van der Waals surface area (Å²) >= 11 is 6.16. The number of nitrogens with one attached hydrogen (secondary N) is 1. The predicted molar refractivity (Wildman–Crippen MR) is 114 cm³/mol. The molecule has 1 aromatic heterocycles. The molecule has 0 saturated heterocycles. The first-order chi connectivity index (χ1) is 13.8. The Morgan fingerprint density at radius 3 is 2.76 bits per heavy atom. The second-order valence-corrected chi connectivity index (χ2v) is 10.2. The van der Waals surface area contributed by atoms with Gasteiger partial charge in [-0.3, -0.25) is 0 Å². The number of H-pyrrole nitrogens is 1. The van der Waals surface area contributed by atoms with Gasteiger partial charge >= 0.3 is 0 Å². The maximum absolute atomic E-state index is 11.8. The van der Waals surface area contributed by atoms with Gasteiger partial charge in [-0.05, 0) is 35.6 Å². The summed E-state index contributed by atoms with van der Waals surface area (Å²) in [4.78, 5) is 3.28. The minimum absolute atomic E-state index is 0.00969. The number of rotatable bonds is 6. The minimum Gasteiger partial charge on any atom is -0.496 e. The van der Waals surface area contributed by atoms with Crippen molar-refractivity contribution in [3.63, 3.8) is 0 Å². The third-order valence-electron chi connectivity index (χ3n) is 5.55. The summed E-state index contributed by atoms with van der Waals surface area (Å²) in [7, 11) is -1.55. The maximum atomic E-state index is 11.8. The average Bonchev–Trinajstić information content (AvgIpc) is 3.32. The summed E-state index contributed by atoms with van der Waals surface area (Å²) in [5.41, 5.74) is 3.58. The molecule has 2 aromatic carbocycles. The fraction of sp³-hybridized carbons (Fsp3) is 0.318. The molecule has 1 saturated carbocycles. The Morgan fingerprint density at radius 2 is 2.10 bits per heavy atom. The number of sulfone groups is 1. The van der Waals surface area contributed by atoms with Crippen LogP contribution in [0.2, 0.25) is 5.02 Å². The lowest BCUT2D eigenvalue weighted by Gasteiger charge is -2.20. The van der Waals surface area contributed by atoms with Crippen molar-refractivity contribution in [2.75, 3.05) is 13.4 Å². The van der Waals surface area contributed by atoms with Crippen LogP contribution in [0.1, 0.15) is 29.0 Å².